The van der Waals surface area contributed by atoms with Crippen LogP contribution in [0.2, 0.25) is 5.02 Å². The minimum Gasteiger partial charge on any atom is -0.315 e. The molecule has 102 valence electrons. The fourth-order valence-electron chi connectivity index (χ4n) is 2.16. The highest BCUT2D eigenvalue weighted by molar-refractivity contribution is 7.91. The van der Waals surface area contributed by atoms with Crippen molar-refractivity contribution in [3.05, 3.63) is 29.3 Å². The molecule has 1 aromatic heterocycles. The molecular weight excluding hydrogens is 304 g/mol. The standard InChI is InChI=1S/C12H13ClN2O2S2/c13-9-1-2-11-8(5-9)6-12(18-11)19(16,17)15-10-3-4-14-7-10/h1-2,5-6,10,14-15H,3-4,7H2. The van der Waals surface area contributed by atoms with E-state index in [1.807, 2.05) is 6.07 Å². The molecule has 0 spiro atoms. The molecule has 0 amide bonds. The van der Waals surface area contributed by atoms with E-state index in [-0.39, 0.29) is 6.04 Å². The highest BCUT2D eigenvalue weighted by Crippen LogP contribution is 2.31. The molecule has 1 atom stereocenters. The number of nitrogens with one attached hydrogen (secondary N) is 2. The number of hydrogen-bond acceptors (Lipinski definition) is 4. The van der Waals surface area contributed by atoms with Gasteiger partial charge in [-0.1, -0.05) is 11.6 Å². The fourth-order valence-corrected chi connectivity index (χ4v) is 5.00. The first-order valence-electron chi connectivity index (χ1n) is 5.97. The molecule has 0 aliphatic carbocycles. The average molecular weight is 317 g/mol. The van der Waals surface area contributed by atoms with Gasteiger partial charge in [0, 0.05) is 22.3 Å². The summed E-state index contributed by atoms with van der Waals surface area (Å²) in [5.41, 5.74) is 0. The minimum atomic E-state index is -3.43. The Morgan fingerprint density at radius 3 is 2.95 bits per heavy atom. The lowest BCUT2D eigenvalue weighted by atomic mass is 10.3. The number of sulfonamides is 1. The number of benzene rings is 1. The van der Waals surface area contributed by atoms with Crippen molar-refractivity contribution in [3.8, 4) is 0 Å². The van der Waals surface area contributed by atoms with Crippen LogP contribution >= 0.6 is 22.9 Å². The Kier molecular flexibility index (Phi) is 3.53. The molecule has 7 heteroatoms. The van der Waals surface area contributed by atoms with E-state index in [4.69, 9.17) is 11.6 Å². The summed E-state index contributed by atoms with van der Waals surface area (Å²) in [7, 11) is -3.43. The van der Waals surface area contributed by atoms with Gasteiger partial charge in [0.15, 0.2) is 0 Å². The maximum absolute atomic E-state index is 12.3. The van der Waals surface area contributed by atoms with Crippen molar-refractivity contribution in [2.75, 3.05) is 13.1 Å². The van der Waals surface area contributed by atoms with Crippen LogP contribution in [0.5, 0.6) is 0 Å². The zero-order valence-corrected chi connectivity index (χ0v) is 12.4. The van der Waals surface area contributed by atoms with E-state index in [9.17, 15) is 8.42 Å². The quantitative estimate of drug-likeness (QED) is 0.912. The first kappa shape index (κ1) is 13.3. The molecule has 4 nitrogen and oxygen atoms in total. The summed E-state index contributed by atoms with van der Waals surface area (Å²) < 4.78 is 28.6. The van der Waals surface area contributed by atoms with E-state index in [1.54, 1.807) is 18.2 Å². The summed E-state index contributed by atoms with van der Waals surface area (Å²) in [4.78, 5) is 0. The van der Waals surface area contributed by atoms with E-state index in [0.29, 0.717) is 15.8 Å². The van der Waals surface area contributed by atoms with E-state index < -0.39 is 10.0 Å². The van der Waals surface area contributed by atoms with Crippen molar-refractivity contribution in [3.63, 3.8) is 0 Å². The zero-order chi connectivity index (χ0) is 13.5. The van der Waals surface area contributed by atoms with Gasteiger partial charge in [0.2, 0.25) is 10.0 Å². The van der Waals surface area contributed by atoms with Gasteiger partial charge in [-0.25, -0.2) is 13.1 Å². The summed E-state index contributed by atoms with van der Waals surface area (Å²) in [6.07, 6.45) is 0.829. The Bertz CT molecular complexity index is 706. The monoisotopic (exact) mass is 316 g/mol. The summed E-state index contributed by atoms with van der Waals surface area (Å²) in [6.45, 7) is 1.55. The Labute approximate surface area is 120 Å². The molecule has 1 aliphatic heterocycles. The summed E-state index contributed by atoms with van der Waals surface area (Å²) in [5, 5.41) is 4.62. The van der Waals surface area contributed by atoms with Gasteiger partial charge in [0.25, 0.3) is 0 Å². The number of thiophene rings is 1. The lowest BCUT2D eigenvalue weighted by Gasteiger charge is -2.10. The molecule has 0 saturated carbocycles. The minimum absolute atomic E-state index is 0.0150. The van der Waals surface area contributed by atoms with Gasteiger partial charge in [-0.05, 0) is 42.6 Å². The van der Waals surface area contributed by atoms with Crippen molar-refractivity contribution in [1.82, 2.24) is 10.0 Å². The second-order valence-corrected chi connectivity index (χ2v) is 8.02. The van der Waals surface area contributed by atoms with E-state index in [1.165, 1.54) is 11.3 Å². The molecular formula is C12H13ClN2O2S2. The lowest BCUT2D eigenvalue weighted by molar-refractivity contribution is 0.562. The molecule has 1 unspecified atom stereocenters. The average Bonchev–Trinajstić information content (AvgIpc) is 2.96. The molecule has 3 rings (SSSR count). The normalized spacial score (nSPS) is 20.2. The van der Waals surface area contributed by atoms with E-state index >= 15 is 0 Å². The van der Waals surface area contributed by atoms with Crippen LogP contribution in [-0.2, 0) is 10.0 Å². The molecule has 19 heavy (non-hydrogen) atoms. The van der Waals surface area contributed by atoms with Crippen molar-refractivity contribution in [2.45, 2.75) is 16.7 Å². The largest absolute Gasteiger partial charge is 0.315 e. The molecule has 2 heterocycles. The molecule has 1 fully saturated rings. The highest BCUT2D eigenvalue weighted by Gasteiger charge is 2.24. The van der Waals surface area contributed by atoms with Crippen LogP contribution in [0.25, 0.3) is 10.1 Å². The van der Waals surface area contributed by atoms with Crippen LogP contribution in [-0.4, -0.2) is 27.5 Å². The van der Waals surface area contributed by atoms with Gasteiger partial charge in [0.1, 0.15) is 4.21 Å². The number of rotatable bonds is 3. The van der Waals surface area contributed by atoms with Gasteiger partial charge in [-0.3, -0.25) is 0 Å². The van der Waals surface area contributed by atoms with E-state index in [0.717, 1.165) is 23.1 Å². The summed E-state index contributed by atoms with van der Waals surface area (Å²) in [6, 6.07) is 7.06. The van der Waals surface area contributed by atoms with Gasteiger partial charge < -0.3 is 5.32 Å². The molecule has 1 aliphatic rings. The third-order valence-corrected chi connectivity index (χ3v) is 6.45. The van der Waals surface area contributed by atoms with Crippen LogP contribution in [0.4, 0.5) is 0 Å². The molecule has 2 aromatic rings. The predicted octanol–water partition coefficient (Wildman–Crippen LogP) is 2.19. The van der Waals surface area contributed by atoms with Crippen LogP contribution in [0.15, 0.2) is 28.5 Å². The Morgan fingerprint density at radius 1 is 1.37 bits per heavy atom. The zero-order valence-electron chi connectivity index (χ0n) is 10.0. The third kappa shape index (κ3) is 2.78. The number of hydrogen-bond donors (Lipinski definition) is 2. The smallest absolute Gasteiger partial charge is 0.250 e. The first-order valence-corrected chi connectivity index (χ1v) is 8.64. The second-order valence-electron chi connectivity index (χ2n) is 4.56. The molecule has 1 aromatic carbocycles. The molecule has 2 N–H and O–H groups in total. The van der Waals surface area contributed by atoms with Crippen LogP contribution in [0.1, 0.15) is 6.42 Å². The van der Waals surface area contributed by atoms with Crippen LogP contribution in [0, 0.1) is 0 Å². The SMILES string of the molecule is O=S(=O)(NC1CCNC1)c1cc2cc(Cl)ccc2s1. The van der Waals surface area contributed by atoms with Gasteiger partial charge in [-0.2, -0.15) is 0 Å². The van der Waals surface area contributed by atoms with Crippen molar-refractivity contribution in [1.29, 1.82) is 0 Å². The predicted molar refractivity (Wildman–Crippen MR) is 78.4 cm³/mol. The fraction of sp³-hybridized carbons (Fsp3) is 0.333. The maximum Gasteiger partial charge on any atom is 0.250 e. The number of halogens is 1. The third-order valence-electron chi connectivity index (χ3n) is 3.10. The first-order chi connectivity index (χ1) is 9.04. The molecule has 1 saturated heterocycles. The van der Waals surface area contributed by atoms with Gasteiger partial charge >= 0.3 is 0 Å². The van der Waals surface area contributed by atoms with Crippen molar-refractivity contribution in [2.24, 2.45) is 0 Å². The molecule has 0 radical (unpaired) electrons. The lowest BCUT2D eigenvalue weighted by Crippen LogP contribution is -2.35. The van der Waals surface area contributed by atoms with Crippen LogP contribution in [0.3, 0.4) is 0 Å². The Morgan fingerprint density at radius 2 is 2.21 bits per heavy atom. The Hall–Kier alpha value is -0.660. The van der Waals surface area contributed by atoms with Crippen molar-refractivity contribution < 1.29 is 8.42 Å². The van der Waals surface area contributed by atoms with E-state index in [2.05, 4.69) is 10.0 Å². The topological polar surface area (TPSA) is 58.2 Å². The van der Waals surface area contributed by atoms with Gasteiger partial charge in [0.05, 0.1) is 0 Å². The van der Waals surface area contributed by atoms with Crippen LogP contribution < -0.4 is 10.0 Å². The Balaban J connectivity index is 1.93. The highest BCUT2D eigenvalue weighted by atomic mass is 35.5. The summed E-state index contributed by atoms with van der Waals surface area (Å²) >= 11 is 7.18. The number of fused-ring (bicyclic) bond motifs is 1. The van der Waals surface area contributed by atoms with Gasteiger partial charge in [-0.15, -0.1) is 11.3 Å². The van der Waals surface area contributed by atoms with Crippen molar-refractivity contribution >= 4 is 43.0 Å². The molecule has 0 bridgehead atoms. The maximum atomic E-state index is 12.3. The second kappa shape index (κ2) is 5.03. The summed E-state index contributed by atoms with van der Waals surface area (Å²) in [5.74, 6) is 0.